The number of benzene rings is 1. The third-order valence-corrected chi connectivity index (χ3v) is 4.11. The van der Waals surface area contributed by atoms with Gasteiger partial charge in [0.15, 0.2) is 11.5 Å². The van der Waals surface area contributed by atoms with Crippen LogP contribution in [0.4, 0.5) is 0 Å². The van der Waals surface area contributed by atoms with Crippen molar-refractivity contribution in [1.82, 2.24) is 14.9 Å². The molecule has 1 aromatic carbocycles. The molecule has 3 aromatic heterocycles. The van der Waals surface area contributed by atoms with Crippen LogP contribution in [0.1, 0.15) is 11.3 Å². The Labute approximate surface area is 154 Å². The summed E-state index contributed by atoms with van der Waals surface area (Å²) in [5.41, 5.74) is 2.42. The Balaban J connectivity index is 1.82. The lowest BCUT2D eigenvalue weighted by Gasteiger charge is -2.10. The van der Waals surface area contributed by atoms with E-state index < -0.39 is 0 Å². The van der Waals surface area contributed by atoms with Crippen LogP contribution in [0.15, 0.2) is 68.5 Å². The maximum Gasteiger partial charge on any atom is 0.267 e. The summed E-state index contributed by atoms with van der Waals surface area (Å²) in [5.74, 6) is 1.73. The zero-order chi connectivity index (χ0) is 18.8. The summed E-state index contributed by atoms with van der Waals surface area (Å²) < 4.78 is 17.5. The van der Waals surface area contributed by atoms with E-state index in [9.17, 15) is 4.79 Å². The Morgan fingerprint density at radius 2 is 2.00 bits per heavy atom. The molecule has 0 fully saturated rings. The quantitative estimate of drug-likeness (QED) is 0.539. The zero-order valence-electron chi connectivity index (χ0n) is 14.9. The minimum Gasteiger partial charge on any atom is -0.497 e. The van der Waals surface area contributed by atoms with E-state index in [1.807, 2.05) is 31.2 Å². The standard InChI is InChI=1S/C20H17N3O4/c1-13-9-18(27-22-13)16-11-19(24)23(21-20(16)17-7-4-8-26-17)12-14-5-3-6-15(10-14)25-2/h3-11H,12H2,1-2H3. The van der Waals surface area contributed by atoms with Crippen molar-refractivity contribution >= 4 is 0 Å². The summed E-state index contributed by atoms with van der Waals surface area (Å²) in [5, 5.41) is 8.43. The van der Waals surface area contributed by atoms with Gasteiger partial charge in [-0.3, -0.25) is 4.79 Å². The number of nitrogens with zero attached hydrogens (tertiary/aromatic N) is 3. The Bertz CT molecular complexity index is 1130. The fraction of sp³-hybridized carbons (Fsp3) is 0.150. The molecule has 0 saturated heterocycles. The van der Waals surface area contributed by atoms with E-state index in [0.29, 0.717) is 29.3 Å². The van der Waals surface area contributed by atoms with Crippen LogP contribution in [0.5, 0.6) is 5.75 Å². The molecule has 0 aliphatic heterocycles. The average molecular weight is 363 g/mol. The first-order valence-corrected chi connectivity index (χ1v) is 8.37. The highest BCUT2D eigenvalue weighted by Gasteiger charge is 2.18. The monoisotopic (exact) mass is 363 g/mol. The third kappa shape index (κ3) is 3.39. The molecule has 3 heterocycles. The van der Waals surface area contributed by atoms with Gasteiger partial charge in [0.1, 0.15) is 11.4 Å². The second-order valence-corrected chi connectivity index (χ2v) is 6.06. The highest BCUT2D eigenvalue weighted by atomic mass is 16.5. The number of ether oxygens (including phenoxy) is 1. The van der Waals surface area contributed by atoms with Crippen molar-refractivity contribution < 1.29 is 13.7 Å². The molecule has 4 aromatic rings. The van der Waals surface area contributed by atoms with Gasteiger partial charge in [-0.1, -0.05) is 17.3 Å². The van der Waals surface area contributed by atoms with E-state index in [1.165, 1.54) is 10.7 Å². The van der Waals surface area contributed by atoms with Crippen molar-refractivity contribution in [3.8, 4) is 28.5 Å². The number of hydrogen-bond acceptors (Lipinski definition) is 6. The molecule has 0 N–H and O–H groups in total. The van der Waals surface area contributed by atoms with Gasteiger partial charge < -0.3 is 13.7 Å². The molecule has 0 spiro atoms. The number of methoxy groups -OCH3 is 1. The van der Waals surface area contributed by atoms with Crippen molar-refractivity contribution in [1.29, 1.82) is 0 Å². The lowest BCUT2D eigenvalue weighted by atomic mass is 10.1. The fourth-order valence-electron chi connectivity index (χ4n) is 2.82. The Hall–Kier alpha value is -3.61. The van der Waals surface area contributed by atoms with Crippen LogP contribution in [0.3, 0.4) is 0 Å². The van der Waals surface area contributed by atoms with Crippen LogP contribution >= 0.6 is 0 Å². The minimum atomic E-state index is -0.253. The molecule has 0 amide bonds. The number of furan rings is 1. The second kappa shape index (κ2) is 6.95. The zero-order valence-corrected chi connectivity index (χ0v) is 14.9. The molecular formula is C20H17N3O4. The smallest absolute Gasteiger partial charge is 0.267 e. The maximum absolute atomic E-state index is 12.7. The molecule has 0 unspecified atom stereocenters. The highest BCUT2D eigenvalue weighted by Crippen LogP contribution is 2.30. The Morgan fingerprint density at radius 1 is 1.11 bits per heavy atom. The fourth-order valence-corrected chi connectivity index (χ4v) is 2.82. The van der Waals surface area contributed by atoms with E-state index in [0.717, 1.165) is 17.0 Å². The molecule has 4 rings (SSSR count). The molecule has 0 saturated carbocycles. The molecule has 27 heavy (non-hydrogen) atoms. The molecule has 7 nitrogen and oxygen atoms in total. The molecule has 0 bridgehead atoms. The second-order valence-electron chi connectivity index (χ2n) is 6.06. The SMILES string of the molecule is COc1cccc(Cn2nc(-c3ccco3)c(-c3cc(C)no3)cc2=O)c1. The lowest BCUT2D eigenvalue weighted by molar-refractivity contribution is 0.414. The van der Waals surface area contributed by atoms with Crippen LogP contribution in [0, 0.1) is 6.92 Å². The van der Waals surface area contributed by atoms with Crippen molar-refractivity contribution in [2.45, 2.75) is 13.5 Å². The van der Waals surface area contributed by atoms with Gasteiger partial charge in [0.2, 0.25) is 0 Å². The third-order valence-electron chi connectivity index (χ3n) is 4.11. The average Bonchev–Trinajstić information content (AvgIpc) is 3.35. The van der Waals surface area contributed by atoms with E-state index in [2.05, 4.69) is 10.3 Å². The van der Waals surface area contributed by atoms with Crippen LogP contribution in [0.2, 0.25) is 0 Å². The normalized spacial score (nSPS) is 10.9. The maximum atomic E-state index is 12.7. The van der Waals surface area contributed by atoms with Gasteiger partial charge in [0.25, 0.3) is 5.56 Å². The van der Waals surface area contributed by atoms with Crippen LogP contribution in [-0.2, 0) is 6.54 Å². The van der Waals surface area contributed by atoms with E-state index in [-0.39, 0.29) is 5.56 Å². The van der Waals surface area contributed by atoms with Crippen molar-refractivity contribution in [2.24, 2.45) is 0 Å². The van der Waals surface area contributed by atoms with Gasteiger partial charge in [-0.05, 0) is 36.8 Å². The Morgan fingerprint density at radius 3 is 2.70 bits per heavy atom. The van der Waals surface area contributed by atoms with Crippen molar-refractivity contribution in [3.05, 3.63) is 76.4 Å². The predicted molar refractivity (Wildman–Crippen MR) is 98.5 cm³/mol. The molecule has 7 heteroatoms. The molecular weight excluding hydrogens is 346 g/mol. The number of hydrogen-bond donors (Lipinski definition) is 0. The predicted octanol–water partition coefficient (Wildman–Crippen LogP) is 3.52. The topological polar surface area (TPSA) is 83.3 Å². The first kappa shape index (κ1) is 16.8. The van der Waals surface area contributed by atoms with Gasteiger partial charge in [0, 0.05) is 12.1 Å². The number of aryl methyl sites for hydroxylation is 1. The van der Waals surface area contributed by atoms with Gasteiger partial charge >= 0.3 is 0 Å². The summed E-state index contributed by atoms with van der Waals surface area (Å²) in [6.45, 7) is 2.12. The van der Waals surface area contributed by atoms with Gasteiger partial charge in [-0.25, -0.2) is 4.68 Å². The summed E-state index contributed by atoms with van der Waals surface area (Å²) in [7, 11) is 1.60. The summed E-state index contributed by atoms with van der Waals surface area (Å²) >= 11 is 0. The minimum absolute atomic E-state index is 0.253. The molecule has 0 atom stereocenters. The van der Waals surface area contributed by atoms with Crippen molar-refractivity contribution in [3.63, 3.8) is 0 Å². The Kier molecular flexibility index (Phi) is 4.33. The van der Waals surface area contributed by atoms with Crippen molar-refractivity contribution in [2.75, 3.05) is 7.11 Å². The largest absolute Gasteiger partial charge is 0.497 e. The summed E-state index contributed by atoms with van der Waals surface area (Å²) in [6.07, 6.45) is 1.56. The molecule has 0 aliphatic rings. The van der Waals surface area contributed by atoms with Crippen LogP contribution < -0.4 is 10.3 Å². The van der Waals surface area contributed by atoms with E-state index >= 15 is 0 Å². The number of aromatic nitrogens is 3. The van der Waals surface area contributed by atoms with E-state index in [4.69, 9.17) is 13.7 Å². The molecule has 0 radical (unpaired) electrons. The summed E-state index contributed by atoms with van der Waals surface area (Å²) in [4.78, 5) is 12.7. The van der Waals surface area contributed by atoms with Gasteiger partial charge in [-0.15, -0.1) is 0 Å². The highest BCUT2D eigenvalue weighted by molar-refractivity contribution is 5.74. The lowest BCUT2D eigenvalue weighted by Crippen LogP contribution is -2.23. The molecule has 0 aliphatic carbocycles. The number of rotatable bonds is 5. The van der Waals surface area contributed by atoms with Gasteiger partial charge in [-0.2, -0.15) is 5.10 Å². The van der Waals surface area contributed by atoms with Crippen LogP contribution in [0.25, 0.3) is 22.8 Å². The van der Waals surface area contributed by atoms with Gasteiger partial charge in [0.05, 0.1) is 31.2 Å². The summed E-state index contributed by atoms with van der Waals surface area (Å²) in [6, 6.07) is 14.3. The van der Waals surface area contributed by atoms with Crippen LogP contribution in [-0.4, -0.2) is 22.0 Å². The van der Waals surface area contributed by atoms with E-state index in [1.54, 1.807) is 31.6 Å². The first-order valence-electron chi connectivity index (χ1n) is 8.37. The molecule has 136 valence electrons. The first-order chi connectivity index (χ1) is 13.1.